The van der Waals surface area contributed by atoms with Crippen molar-refractivity contribution in [1.29, 1.82) is 0 Å². The summed E-state index contributed by atoms with van der Waals surface area (Å²) in [6, 6.07) is 61.8. The first-order valence-corrected chi connectivity index (χ1v) is 25.4. The number of hydrogen-bond acceptors (Lipinski definition) is 3. The Kier molecular flexibility index (Phi) is 12.3. The minimum absolute atomic E-state index is 0. The Morgan fingerprint density at radius 2 is 1.33 bits per heavy atom. The molecular weight excluding hydrogens is 975 g/mol. The molecular formula is C58H53IrN3OSi-2. The third kappa shape index (κ3) is 8.96. The van der Waals surface area contributed by atoms with E-state index in [1.54, 1.807) is 0 Å². The summed E-state index contributed by atoms with van der Waals surface area (Å²) in [5.74, 6) is 1.45. The fourth-order valence-corrected chi connectivity index (χ4v) is 9.82. The van der Waals surface area contributed by atoms with Crippen LogP contribution in [0.3, 0.4) is 0 Å². The van der Waals surface area contributed by atoms with Crippen LogP contribution in [0.1, 0.15) is 64.5 Å². The normalized spacial score (nSPS) is 12.3. The van der Waals surface area contributed by atoms with E-state index in [-0.39, 0.29) is 20.1 Å². The van der Waals surface area contributed by atoms with Gasteiger partial charge in [0, 0.05) is 40.1 Å². The molecule has 3 heterocycles. The average Bonchev–Trinajstić information content (AvgIpc) is 3.90. The van der Waals surface area contributed by atoms with E-state index in [1.807, 2.05) is 85.1 Å². The van der Waals surface area contributed by atoms with Crippen molar-refractivity contribution in [3.63, 3.8) is 0 Å². The number of rotatable bonds is 9. The van der Waals surface area contributed by atoms with E-state index in [0.29, 0.717) is 17.4 Å². The largest absolute Gasteiger partial charge is 0.501 e. The van der Waals surface area contributed by atoms with E-state index in [2.05, 4.69) is 154 Å². The maximum absolute atomic E-state index is 8.84. The van der Waals surface area contributed by atoms with Crippen LogP contribution in [0.5, 0.6) is 0 Å². The van der Waals surface area contributed by atoms with Crippen molar-refractivity contribution in [2.45, 2.75) is 65.5 Å². The molecule has 7 aromatic carbocycles. The zero-order valence-electron chi connectivity index (χ0n) is 39.4. The molecule has 0 fully saturated rings. The van der Waals surface area contributed by atoms with Crippen LogP contribution >= 0.6 is 0 Å². The van der Waals surface area contributed by atoms with Gasteiger partial charge in [-0.2, -0.15) is 0 Å². The summed E-state index contributed by atoms with van der Waals surface area (Å²) in [4.78, 5) is 9.85. The Labute approximate surface area is 395 Å². The predicted octanol–water partition coefficient (Wildman–Crippen LogP) is 15.0. The molecule has 0 amide bonds. The minimum atomic E-state index is -1.76. The van der Waals surface area contributed by atoms with E-state index in [9.17, 15) is 0 Å². The number of hydrogen-bond donors (Lipinski definition) is 0. The van der Waals surface area contributed by atoms with Crippen molar-refractivity contribution in [3.8, 4) is 39.5 Å². The van der Waals surface area contributed by atoms with Gasteiger partial charge < -0.3 is 14.0 Å². The number of nitrogens with zero attached hydrogens (tertiary/aromatic N) is 3. The molecule has 0 saturated heterocycles. The smallest absolute Gasteiger partial charge is 0.120 e. The van der Waals surface area contributed by atoms with Gasteiger partial charge in [-0.05, 0) is 87.2 Å². The first kappa shape index (κ1) is 41.8. The summed E-state index contributed by atoms with van der Waals surface area (Å²) < 4.78 is 26.5. The van der Waals surface area contributed by atoms with Gasteiger partial charge in [-0.25, -0.2) is 0 Å². The Balaban J connectivity index is 0.000000197. The van der Waals surface area contributed by atoms with Crippen molar-refractivity contribution < 1.29 is 27.3 Å². The monoisotopic (exact) mass is 1030 g/mol. The maximum atomic E-state index is 8.84. The second kappa shape index (κ2) is 18.9. The predicted molar refractivity (Wildman–Crippen MR) is 267 cm³/mol. The topological polar surface area (TPSA) is 43.9 Å². The van der Waals surface area contributed by atoms with E-state index >= 15 is 0 Å². The molecule has 0 spiro atoms. The number of para-hydroxylation sites is 3. The summed E-state index contributed by atoms with van der Waals surface area (Å²) in [5.41, 5.74) is 13.9. The second-order valence-electron chi connectivity index (χ2n) is 17.8. The Bertz CT molecular complexity index is 3250. The fourth-order valence-electron chi connectivity index (χ4n) is 8.43. The molecule has 0 atom stereocenters. The fraction of sp³-hybridized carbons (Fsp3) is 0.172. The molecule has 3 aromatic heterocycles. The molecule has 10 rings (SSSR count). The molecule has 0 aliphatic heterocycles. The van der Waals surface area contributed by atoms with Gasteiger partial charge in [0.2, 0.25) is 0 Å². The summed E-state index contributed by atoms with van der Waals surface area (Å²) in [6.07, 6.45) is 0.307. The van der Waals surface area contributed by atoms with Gasteiger partial charge in [-0.3, -0.25) is 4.98 Å². The molecule has 0 aliphatic carbocycles. The quantitative estimate of drug-likeness (QED) is 0.107. The molecule has 1 radical (unpaired) electrons. The van der Waals surface area contributed by atoms with Gasteiger partial charge in [0.25, 0.3) is 0 Å². The van der Waals surface area contributed by atoms with Gasteiger partial charge in [-0.15, -0.1) is 54.1 Å². The van der Waals surface area contributed by atoms with Gasteiger partial charge in [0.15, 0.2) is 0 Å². The summed E-state index contributed by atoms with van der Waals surface area (Å²) in [6.45, 7) is 15.8. The zero-order chi connectivity index (χ0) is 45.5. The molecule has 64 heavy (non-hydrogen) atoms. The number of benzene rings is 7. The van der Waals surface area contributed by atoms with Crippen molar-refractivity contribution in [2.75, 3.05) is 0 Å². The third-order valence-electron chi connectivity index (χ3n) is 11.6. The van der Waals surface area contributed by atoms with E-state index < -0.39 is 14.4 Å². The Morgan fingerprint density at radius 1 is 0.672 bits per heavy atom. The van der Waals surface area contributed by atoms with Crippen molar-refractivity contribution >= 4 is 46.2 Å². The van der Waals surface area contributed by atoms with Gasteiger partial charge in [-0.1, -0.05) is 161 Å². The first-order valence-electron chi connectivity index (χ1n) is 22.9. The number of furan rings is 1. The molecule has 6 heteroatoms. The summed E-state index contributed by atoms with van der Waals surface area (Å²) in [5, 5.41) is 3.24. The molecule has 0 bridgehead atoms. The van der Waals surface area contributed by atoms with Gasteiger partial charge in [0.1, 0.15) is 5.58 Å². The summed E-state index contributed by atoms with van der Waals surface area (Å²) in [7, 11) is -1.76. The van der Waals surface area contributed by atoms with Crippen molar-refractivity contribution in [3.05, 3.63) is 204 Å². The number of imidazole rings is 1. The zero-order valence-corrected chi connectivity index (χ0v) is 40.8. The molecule has 0 saturated carbocycles. The number of fused-ring (bicyclic) bond motifs is 4. The van der Waals surface area contributed by atoms with Crippen LogP contribution in [-0.4, -0.2) is 22.6 Å². The first-order chi connectivity index (χ1) is 31.3. The number of aromatic nitrogens is 3. The average molecular weight is 1030 g/mol. The third-order valence-corrected chi connectivity index (χ3v) is 13.6. The van der Waals surface area contributed by atoms with E-state index in [0.717, 1.165) is 66.4 Å². The Hall–Kier alpha value is -6.17. The van der Waals surface area contributed by atoms with Crippen molar-refractivity contribution in [2.24, 2.45) is 0 Å². The van der Waals surface area contributed by atoms with Gasteiger partial charge in [0.05, 0.1) is 30.5 Å². The minimum Gasteiger partial charge on any atom is -0.501 e. The molecule has 321 valence electrons. The Morgan fingerprint density at radius 3 is 2.02 bits per heavy atom. The molecule has 0 N–H and O–H groups in total. The van der Waals surface area contributed by atoms with Crippen molar-refractivity contribution in [1.82, 2.24) is 14.5 Å². The van der Waals surface area contributed by atoms with Crippen LogP contribution in [-0.2, 0) is 26.5 Å². The van der Waals surface area contributed by atoms with E-state index in [4.69, 9.17) is 12.1 Å². The van der Waals surface area contributed by atoms with Crippen LogP contribution in [0.4, 0.5) is 0 Å². The van der Waals surface area contributed by atoms with Crippen LogP contribution in [0.25, 0.3) is 72.4 Å². The SMILES string of the molecule is CC(C)c1cc(-c2ccccc2)cc(C(C)C)c1-n1c(-c2[c-]ccc3c2oc2ccccc23)nc2ccccc21.[2H]C([2H])(c1ccccc1)c1cc(-c2[c-]cccc2)ncc1[Si](C)(C)C.[Ir]. The van der Waals surface area contributed by atoms with Gasteiger partial charge >= 0.3 is 0 Å². The second-order valence-corrected chi connectivity index (χ2v) is 22.8. The van der Waals surface area contributed by atoms with Crippen LogP contribution in [0.2, 0.25) is 19.6 Å². The molecule has 0 unspecified atom stereocenters. The molecule has 0 aliphatic rings. The maximum Gasteiger partial charge on any atom is 0.120 e. The standard InChI is InChI=1S/C37H31N2O.C21H22NSi.Ir/c1-23(2)30-21-26(25-13-6-5-7-14-25)22-31(24(3)4)35(30)39-33-19-10-9-18-32(33)38-37(39)29-17-12-16-28-27-15-8-11-20-34(27)40-36(28)29;1-23(2,3)21-16-22-20(18-12-8-5-9-13-18)15-19(21)14-17-10-6-4-7-11-17;/h5-16,18-24H,1-4H3;4-12,15-16H,14H2,1-3H3;/q2*-1;/i;14D2;. The van der Waals surface area contributed by atoms with E-state index in [1.165, 1.54) is 27.9 Å². The molecule has 4 nitrogen and oxygen atoms in total. The van der Waals surface area contributed by atoms with Crippen LogP contribution in [0, 0.1) is 12.1 Å². The van der Waals surface area contributed by atoms with Crippen LogP contribution < -0.4 is 5.19 Å². The summed E-state index contributed by atoms with van der Waals surface area (Å²) >= 11 is 0. The molecule has 10 aromatic rings. The number of pyridine rings is 1. The van der Waals surface area contributed by atoms with Crippen LogP contribution in [0.15, 0.2) is 174 Å².